The number of Topliss-reactive ketones (excluding diaryl/α,β-unsaturated/α-hetero) is 1. The van der Waals surface area contributed by atoms with Crippen LogP contribution in [0.2, 0.25) is 0 Å². The minimum Gasteiger partial charge on any atom is -0.367 e. The van der Waals surface area contributed by atoms with Crippen molar-refractivity contribution in [3.8, 4) is 0 Å². The molecule has 0 saturated carbocycles. The molecule has 1 aliphatic heterocycles. The summed E-state index contributed by atoms with van der Waals surface area (Å²) in [6.45, 7) is 9.01. The molecule has 0 N–H and O–H groups in total. The molecule has 0 amide bonds. The van der Waals surface area contributed by atoms with E-state index < -0.39 is 5.60 Å². The number of hydrogen-bond donors (Lipinski definition) is 0. The van der Waals surface area contributed by atoms with E-state index in [1.165, 1.54) is 0 Å². The van der Waals surface area contributed by atoms with Crippen LogP contribution in [0.15, 0.2) is 5.38 Å². The fourth-order valence-corrected chi connectivity index (χ4v) is 3.08. The number of rotatable bonds is 3. The van der Waals surface area contributed by atoms with Crippen LogP contribution in [0.1, 0.15) is 51.2 Å². The largest absolute Gasteiger partial charge is 0.367 e. The molecular formula is C14H21NO2S. The summed E-state index contributed by atoms with van der Waals surface area (Å²) in [6, 6.07) is 0. The van der Waals surface area contributed by atoms with Gasteiger partial charge in [-0.05, 0) is 19.8 Å². The first kappa shape index (κ1) is 13.7. The van der Waals surface area contributed by atoms with E-state index in [9.17, 15) is 4.79 Å². The first-order valence-electron chi connectivity index (χ1n) is 6.43. The predicted octanol–water partition coefficient (Wildman–Crippen LogP) is 3.12. The fraction of sp³-hybridized carbons (Fsp3) is 0.714. The quantitative estimate of drug-likeness (QED) is 0.844. The minimum absolute atomic E-state index is 0.0472. The molecular weight excluding hydrogens is 246 g/mol. The number of carbonyl (C=O) groups excluding carboxylic acids is 1. The molecule has 0 radical (unpaired) electrons. The van der Waals surface area contributed by atoms with Crippen molar-refractivity contribution >= 4 is 17.1 Å². The first-order valence-corrected chi connectivity index (χ1v) is 7.31. The van der Waals surface area contributed by atoms with Gasteiger partial charge in [0.1, 0.15) is 10.6 Å². The van der Waals surface area contributed by atoms with Gasteiger partial charge in [0.2, 0.25) is 0 Å². The Hall–Kier alpha value is -0.740. The van der Waals surface area contributed by atoms with E-state index in [0.29, 0.717) is 13.0 Å². The van der Waals surface area contributed by atoms with Crippen LogP contribution in [0, 0.1) is 0 Å². The Kier molecular flexibility index (Phi) is 3.60. The summed E-state index contributed by atoms with van der Waals surface area (Å²) in [4.78, 5) is 16.8. The van der Waals surface area contributed by atoms with Crippen molar-refractivity contribution < 1.29 is 9.53 Å². The Labute approximate surface area is 113 Å². The number of nitrogens with zero attached hydrogens (tertiary/aromatic N) is 1. The second-order valence-corrected chi connectivity index (χ2v) is 7.10. The third-order valence-electron chi connectivity index (χ3n) is 3.44. The monoisotopic (exact) mass is 267 g/mol. The summed E-state index contributed by atoms with van der Waals surface area (Å²) in [5.74, 6) is 0.162. The maximum absolute atomic E-state index is 12.2. The Morgan fingerprint density at radius 2 is 2.28 bits per heavy atom. The Balaban J connectivity index is 2.06. The predicted molar refractivity (Wildman–Crippen MR) is 73.1 cm³/mol. The molecule has 1 aromatic heterocycles. The molecule has 1 unspecified atom stereocenters. The highest BCUT2D eigenvalue weighted by atomic mass is 32.1. The van der Waals surface area contributed by atoms with Gasteiger partial charge in [-0.15, -0.1) is 11.3 Å². The number of carbonyl (C=O) groups is 1. The van der Waals surface area contributed by atoms with Gasteiger partial charge in [0.15, 0.2) is 5.78 Å². The number of ether oxygens (including phenoxy) is 1. The zero-order valence-corrected chi connectivity index (χ0v) is 12.4. The lowest BCUT2D eigenvalue weighted by Gasteiger charge is -2.20. The van der Waals surface area contributed by atoms with Gasteiger partial charge in [-0.3, -0.25) is 4.79 Å². The third kappa shape index (κ3) is 2.81. The zero-order chi connectivity index (χ0) is 13.4. The van der Waals surface area contributed by atoms with Crippen LogP contribution in [0.3, 0.4) is 0 Å². The van der Waals surface area contributed by atoms with E-state index >= 15 is 0 Å². The summed E-state index contributed by atoms with van der Waals surface area (Å²) in [7, 11) is 0. The van der Waals surface area contributed by atoms with Crippen LogP contribution in [0.4, 0.5) is 0 Å². The minimum atomic E-state index is -0.576. The van der Waals surface area contributed by atoms with Crippen molar-refractivity contribution in [3.63, 3.8) is 0 Å². The van der Waals surface area contributed by atoms with Gasteiger partial charge in [-0.2, -0.15) is 0 Å². The Morgan fingerprint density at radius 1 is 1.56 bits per heavy atom. The molecule has 1 saturated heterocycles. The van der Waals surface area contributed by atoms with Crippen LogP contribution < -0.4 is 0 Å². The van der Waals surface area contributed by atoms with Crippen LogP contribution in [-0.2, 0) is 21.4 Å². The standard InChI is InChI=1S/C14H21NO2S/c1-13(2,3)10-9-18-12(15-10)8-11(16)14(4)6-5-7-17-14/h9H,5-8H2,1-4H3. The highest BCUT2D eigenvalue weighted by Crippen LogP contribution is 2.29. The number of hydrogen-bond acceptors (Lipinski definition) is 4. The summed E-state index contributed by atoms with van der Waals surface area (Å²) in [5, 5.41) is 2.96. The smallest absolute Gasteiger partial charge is 0.171 e. The molecule has 2 heterocycles. The third-order valence-corrected chi connectivity index (χ3v) is 4.29. The van der Waals surface area contributed by atoms with Gasteiger partial charge in [0, 0.05) is 17.4 Å². The molecule has 1 aliphatic rings. The molecule has 3 nitrogen and oxygen atoms in total. The topological polar surface area (TPSA) is 39.2 Å². The van der Waals surface area contributed by atoms with Gasteiger partial charge >= 0.3 is 0 Å². The normalized spacial score (nSPS) is 24.4. The van der Waals surface area contributed by atoms with E-state index in [-0.39, 0.29) is 11.2 Å². The van der Waals surface area contributed by atoms with E-state index in [1.54, 1.807) is 11.3 Å². The molecule has 1 aromatic rings. The first-order chi connectivity index (χ1) is 8.31. The summed E-state index contributed by atoms with van der Waals surface area (Å²) in [5.41, 5.74) is 0.534. The van der Waals surface area contributed by atoms with Crippen LogP contribution in [0.5, 0.6) is 0 Å². The van der Waals surface area contributed by atoms with Crippen LogP contribution in [-0.4, -0.2) is 23.0 Å². The van der Waals surface area contributed by atoms with Crippen LogP contribution >= 0.6 is 11.3 Å². The maximum atomic E-state index is 12.2. The molecule has 18 heavy (non-hydrogen) atoms. The summed E-state index contributed by atoms with van der Waals surface area (Å²) in [6.07, 6.45) is 2.22. The lowest BCUT2D eigenvalue weighted by Crippen LogP contribution is -2.35. The molecule has 2 rings (SSSR count). The van der Waals surface area contributed by atoms with Gasteiger partial charge in [-0.25, -0.2) is 4.98 Å². The van der Waals surface area contributed by atoms with Crippen molar-refractivity contribution in [3.05, 3.63) is 16.1 Å². The molecule has 0 aromatic carbocycles. The lowest BCUT2D eigenvalue weighted by molar-refractivity contribution is -0.136. The molecule has 4 heteroatoms. The average Bonchev–Trinajstić information content (AvgIpc) is 2.86. The average molecular weight is 267 g/mol. The molecule has 1 atom stereocenters. The number of ketones is 1. The Bertz CT molecular complexity index is 439. The number of aromatic nitrogens is 1. The molecule has 0 bridgehead atoms. The van der Waals surface area contributed by atoms with Gasteiger partial charge in [-0.1, -0.05) is 20.8 Å². The van der Waals surface area contributed by atoms with E-state index in [2.05, 4.69) is 31.1 Å². The Morgan fingerprint density at radius 3 is 2.78 bits per heavy atom. The highest BCUT2D eigenvalue weighted by Gasteiger charge is 2.37. The fourth-order valence-electron chi connectivity index (χ4n) is 2.06. The second kappa shape index (κ2) is 4.74. The van der Waals surface area contributed by atoms with Gasteiger partial charge in [0.05, 0.1) is 12.1 Å². The summed E-state index contributed by atoms with van der Waals surface area (Å²) >= 11 is 1.57. The summed E-state index contributed by atoms with van der Waals surface area (Å²) < 4.78 is 5.58. The number of thiazole rings is 1. The lowest BCUT2D eigenvalue weighted by atomic mass is 9.93. The van der Waals surface area contributed by atoms with Crippen molar-refractivity contribution in [2.45, 2.75) is 58.0 Å². The van der Waals surface area contributed by atoms with Crippen molar-refractivity contribution in [2.24, 2.45) is 0 Å². The van der Waals surface area contributed by atoms with Gasteiger partial charge in [0.25, 0.3) is 0 Å². The molecule has 0 aliphatic carbocycles. The van der Waals surface area contributed by atoms with Gasteiger partial charge < -0.3 is 4.74 Å². The zero-order valence-electron chi connectivity index (χ0n) is 11.6. The SMILES string of the molecule is CC1(C(=O)Cc2nc(C(C)(C)C)cs2)CCCO1. The molecule has 100 valence electrons. The van der Waals surface area contributed by atoms with Crippen molar-refractivity contribution in [1.29, 1.82) is 0 Å². The highest BCUT2D eigenvalue weighted by molar-refractivity contribution is 7.09. The molecule has 1 fully saturated rings. The maximum Gasteiger partial charge on any atom is 0.171 e. The van der Waals surface area contributed by atoms with E-state index in [0.717, 1.165) is 23.5 Å². The molecule has 0 spiro atoms. The van der Waals surface area contributed by atoms with Crippen molar-refractivity contribution in [1.82, 2.24) is 4.98 Å². The van der Waals surface area contributed by atoms with Crippen LogP contribution in [0.25, 0.3) is 0 Å². The van der Waals surface area contributed by atoms with E-state index in [1.807, 2.05) is 6.92 Å². The second-order valence-electron chi connectivity index (χ2n) is 6.16. The van der Waals surface area contributed by atoms with Crippen molar-refractivity contribution in [2.75, 3.05) is 6.61 Å². The van der Waals surface area contributed by atoms with E-state index in [4.69, 9.17) is 4.74 Å².